The molecule has 1 aliphatic rings. The Hall–Kier alpha value is -0.781. The minimum absolute atomic E-state index is 0. The molecule has 17 heavy (non-hydrogen) atoms. The van der Waals surface area contributed by atoms with Crippen LogP contribution in [-0.4, -0.2) is 0 Å². The van der Waals surface area contributed by atoms with E-state index in [0.717, 1.165) is 0 Å². The second kappa shape index (κ2) is 13.3. The summed E-state index contributed by atoms with van der Waals surface area (Å²) < 4.78 is 0. The van der Waals surface area contributed by atoms with E-state index < -0.39 is 0 Å². The fourth-order valence-corrected chi connectivity index (χ4v) is 1.70. The monoisotopic (exact) mass is 270 g/mol. The van der Waals surface area contributed by atoms with Gasteiger partial charge in [0.2, 0.25) is 0 Å². The van der Waals surface area contributed by atoms with Crippen molar-refractivity contribution in [2.24, 2.45) is 0 Å². The average Bonchev–Trinajstić information content (AvgIpc) is 3.10. The van der Waals surface area contributed by atoms with Crippen LogP contribution in [0.3, 0.4) is 0 Å². The molecule has 1 saturated carbocycles. The van der Waals surface area contributed by atoms with Gasteiger partial charge in [-0.1, -0.05) is 38.5 Å². The average molecular weight is 270 g/mol. The molecule has 0 radical (unpaired) electrons. The van der Waals surface area contributed by atoms with Crippen LogP contribution in [0, 0.1) is 0 Å². The molecule has 1 aliphatic carbocycles. The molecule has 0 heterocycles. The predicted octanol–water partition coefficient (Wildman–Crippen LogP) is 5.15. The van der Waals surface area contributed by atoms with Crippen molar-refractivity contribution in [2.75, 3.05) is 0 Å². The Labute approximate surface area is 116 Å². The number of hydrogen-bond donors (Lipinski definition) is 0. The van der Waals surface area contributed by atoms with Crippen molar-refractivity contribution in [3.8, 4) is 0 Å². The quantitative estimate of drug-likeness (QED) is 0.458. The minimum atomic E-state index is 0. The van der Waals surface area contributed by atoms with Gasteiger partial charge in [0.15, 0.2) is 0 Å². The van der Waals surface area contributed by atoms with Gasteiger partial charge in [0.1, 0.15) is 0 Å². The molecule has 1 fully saturated rings. The largest absolute Gasteiger partial charge is 0.748 e. The first-order valence-corrected chi connectivity index (χ1v) is 6.33. The Morgan fingerprint density at radius 1 is 0.529 bits per heavy atom. The standard InChI is InChI=1S/C6H12.2C5H5.Fe/c1-2-4-6-5-3-1;2*1-2-4-5-3-1;/h1-6H2;2*1-5H;/q;-5;-1;. The molecule has 0 aliphatic heterocycles. The minimum Gasteiger partial charge on any atom is -0.748 e. The Bertz CT molecular complexity index is 205. The second-order valence-electron chi connectivity index (χ2n) is 4.05. The van der Waals surface area contributed by atoms with E-state index in [9.17, 15) is 0 Å². The molecular formula is C16H22Fe-6. The van der Waals surface area contributed by atoms with Gasteiger partial charge >= 0.3 is 0 Å². The van der Waals surface area contributed by atoms with Crippen LogP contribution in [0.25, 0.3) is 0 Å². The molecule has 3 rings (SSSR count). The fourth-order valence-electron chi connectivity index (χ4n) is 1.70. The molecule has 0 N–H and O–H groups in total. The molecule has 2 aromatic carbocycles. The van der Waals surface area contributed by atoms with Crippen molar-refractivity contribution in [3.63, 3.8) is 0 Å². The number of hydrogen-bond acceptors (Lipinski definition) is 0. The summed E-state index contributed by atoms with van der Waals surface area (Å²) in [5.74, 6) is 0. The van der Waals surface area contributed by atoms with Gasteiger partial charge in [-0.3, -0.25) is 0 Å². The van der Waals surface area contributed by atoms with Gasteiger partial charge < -0.3 is 30.3 Å². The van der Waals surface area contributed by atoms with Gasteiger partial charge in [0, 0.05) is 17.1 Å². The van der Waals surface area contributed by atoms with Crippen LogP contribution in [0.5, 0.6) is 0 Å². The third-order valence-corrected chi connectivity index (χ3v) is 2.61. The van der Waals surface area contributed by atoms with Gasteiger partial charge in [-0.2, -0.15) is 18.2 Å². The summed E-state index contributed by atoms with van der Waals surface area (Å²) in [5.41, 5.74) is 0. The van der Waals surface area contributed by atoms with Crippen molar-refractivity contribution in [1.82, 2.24) is 0 Å². The molecule has 0 nitrogen and oxygen atoms in total. The van der Waals surface area contributed by atoms with E-state index >= 15 is 0 Å². The van der Waals surface area contributed by atoms with Gasteiger partial charge in [0.05, 0.1) is 0 Å². The normalized spacial score (nSPS) is 13.2. The summed E-state index contributed by atoms with van der Waals surface area (Å²) in [4.78, 5) is 0. The maximum atomic E-state index is 2.00. The summed E-state index contributed by atoms with van der Waals surface area (Å²) >= 11 is 0. The first kappa shape index (κ1) is 16.2. The molecule has 0 spiro atoms. The summed E-state index contributed by atoms with van der Waals surface area (Å²) in [6, 6.07) is 20.0. The topological polar surface area (TPSA) is 0 Å². The van der Waals surface area contributed by atoms with E-state index in [0.29, 0.717) is 0 Å². The van der Waals surface area contributed by atoms with E-state index in [1.54, 1.807) is 0 Å². The van der Waals surface area contributed by atoms with E-state index in [2.05, 4.69) is 0 Å². The number of rotatable bonds is 0. The van der Waals surface area contributed by atoms with E-state index in [1.807, 2.05) is 60.7 Å². The SMILES string of the molecule is C1CCCCC1.[Fe].[cH-]1[cH-][cH-][cH-][cH-]1.c1cc[cH-]c1. The second-order valence-corrected chi connectivity index (χ2v) is 4.05. The molecular weight excluding hydrogens is 248 g/mol. The summed E-state index contributed by atoms with van der Waals surface area (Å²) in [7, 11) is 0. The molecule has 0 aromatic heterocycles. The van der Waals surface area contributed by atoms with Crippen LogP contribution < -0.4 is 0 Å². The van der Waals surface area contributed by atoms with Gasteiger partial charge in [-0.15, -0.1) is 0 Å². The van der Waals surface area contributed by atoms with Crippen LogP contribution in [-0.2, 0) is 17.1 Å². The van der Waals surface area contributed by atoms with Crippen LogP contribution in [0.4, 0.5) is 0 Å². The molecule has 0 atom stereocenters. The van der Waals surface area contributed by atoms with Crippen LogP contribution in [0.1, 0.15) is 38.5 Å². The third-order valence-electron chi connectivity index (χ3n) is 2.61. The fraction of sp³-hybridized carbons (Fsp3) is 0.375. The zero-order chi connectivity index (χ0) is 11.3. The van der Waals surface area contributed by atoms with E-state index in [4.69, 9.17) is 0 Å². The van der Waals surface area contributed by atoms with Gasteiger partial charge in [0.25, 0.3) is 0 Å². The predicted molar refractivity (Wildman–Crippen MR) is 71.8 cm³/mol. The first-order chi connectivity index (χ1) is 8.00. The van der Waals surface area contributed by atoms with Gasteiger partial charge in [-0.25, -0.2) is 12.1 Å². The molecule has 2 aromatic rings. The molecule has 0 saturated heterocycles. The molecule has 100 valence electrons. The summed E-state index contributed by atoms with van der Waals surface area (Å²) in [6.07, 6.45) is 9.00. The zero-order valence-corrected chi connectivity index (χ0v) is 11.5. The maximum absolute atomic E-state index is 2.00. The van der Waals surface area contributed by atoms with Crippen molar-refractivity contribution in [3.05, 3.63) is 60.7 Å². The van der Waals surface area contributed by atoms with Crippen LogP contribution >= 0.6 is 0 Å². The molecule has 0 unspecified atom stereocenters. The van der Waals surface area contributed by atoms with E-state index in [-0.39, 0.29) is 17.1 Å². The smallest absolute Gasteiger partial charge is 0 e. The molecule has 1 heteroatoms. The molecule has 0 bridgehead atoms. The zero-order valence-electron chi connectivity index (χ0n) is 10.4. The Morgan fingerprint density at radius 2 is 0.824 bits per heavy atom. The summed E-state index contributed by atoms with van der Waals surface area (Å²) in [5, 5.41) is 0. The first-order valence-electron chi connectivity index (χ1n) is 6.33. The Morgan fingerprint density at radius 3 is 1.00 bits per heavy atom. The third kappa shape index (κ3) is 11.5. The van der Waals surface area contributed by atoms with Crippen molar-refractivity contribution >= 4 is 0 Å². The molecule has 0 amide bonds. The van der Waals surface area contributed by atoms with Crippen molar-refractivity contribution in [2.45, 2.75) is 38.5 Å². The Kier molecular flexibility index (Phi) is 12.7. The summed E-state index contributed by atoms with van der Waals surface area (Å²) in [6.45, 7) is 0. The van der Waals surface area contributed by atoms with E-state index in [1.165, 1.54) is 38.5 Å². The van der Waals surface area contributed by atoms with Gasteiger partial charge in [-0.05, 0) is 0 Å². The van der Waals surface area contributed by atoms with Crippen LogP contribution in [0.2, 0.25) is 0 Å². The maximum Gasteiger partial charge on any atom is 0 e. The van der Waals surface area contributed by atoms with Crippen molar-refractivity contribution in [1.29, 1.82) is 0 Å². The van der Waals surface area contributed by atoms with Crippen LogP contribution in [0.15, 0.2) is 60.7 Å². The Balaban J connectivity index is 0.000000221. The van der Waals surface area contributed by atoms with Crippen molar-refractivity contribution < 1.29 is 17.1 Å².